The molecular formula is C21H24N2O4S. The third-order valence-electron chi connectivity index (χ3n) is 4.38. The van der Waals surface area contributed by atoms with Crippen LogP contribution in [0.5, 0.6) is 0 Å². The third-order valence-corrected chi connectivity index (χ3v) is 6.18. The fraction of sp³-hybridized carbons (Fsp3) is 0.238. The molecule has 148 valence electrons. The van der Waals surface area contributed by atoms with Crippen molar-refractivity contribution in [2.24, 2.45) is 0 Å². The van der Waals surface area contributed by atoms with Crippen LogP contribution in [0.1, 0.15) is 17.0 Å². The van der Waals surface area contributed by atoms with Gasteiger partial charge >= 0.3 is 0 Å². The number of methoxy groups -OCH3 is 2. The smallest absolute Gasteiger partial charge is 0.208 e. The minimum Gasteiger partial charge on any atom is -0.364 e. The Balaban J connectivity index is 2.19. The van der Waals surface area contributed by atoms with Crippen LogP contribution in [0.15, 0.2) is 65.8 Å². The minimum atomic E-state index is -3.76. The van der Waals surface area contributed by atoms with E-state index in [1.54, 1.807) is 67.5 Å². The van der Waals surface area contributed by atoms with Crippen LogP contribution in [-0.4, -0.2) is 31.8 Å². The number of ether oxygens (including phenoxy) is 2. The van der Waals surface area contributed by atoms with Gasteiger partial charge in [0.15, 0.2) is 0 Å². The van der Waals surface area contributed by atoms with E-state index in [4.69, 9.17) is 9.47 Å². The highest BCUT2D eigenvalue weighted by Crippen LogP contribution is 2.31. The van der Waals surface area contributed by atoms with E-state index in [1.807, 2.05) is 29.8 Å². The topological polar surface area (TPSA) is 62.5 Å². The number of sulfone groups is 1. The molecule has 0 fully saturated rings. The molecule has 0 saturated carbocycles. The highest BCUT2D eigenvalue weighted by molar-refractivity contribution is 8.00. The second-order valence-corrected chi connectivity index (χ2v) is 8.34. The van der Waals surface area contributed by atoms with Gasteiger partial charge in [-0.3, -0.25) is 0 Å². The van der Waals surface area contributed by atoms with Crippen LogP contribution < -0.4 is 0 Å². The zero-order chi connectivity index (χ0) is 20.1. The molecule has 3 aromatic rings. The lowest BCUT2D eigenvalue weighted by molar-refractivity contribution is 0.130. The van der Waals surface area contributed by atoms with Crippen molar-refractivity contribution in [3.05, 3.63) is 77.9 Å². The maximum absolute atomic E-state index is 13.5. The van der Waals surface area contributed by atoms with Crippen molar-refractivity contribution in [3.63, 3.8) is 0 Å². The number of aryl methyl sites for hydroxylation is 1. The van der Waals surface area contributed by atoms with Gasteiger partial charge in [0.1, 0.15) is 13.5 Å². The molecule has 0 radical (unpaired) electrons. The van der Waals surface area contributed by atoms with E-state index in [0.717, 1.165) is 11.3 Å². The predicted molar refractivity (Wildman–Crippen MR) is 109 cm³/mol. The molecule has 0 amide bonds. The SMILES string of the molecule is COCn1cccc1/C=C(\c1cccn1COC)S(=O)(=O)c1ccc(C)cc1. The van der Waals surface area contributed by atoms with Crippen molar-refractivity contribution in [3.8, 4) is 0 Å². The lowest BCUT2D eigenvalue weighted by Crippen LogP contribution is -2.11. The second-order valence-electron chi connectivity index (χ2n) is 6.43. The zero-order valence-corrected chi connectivity index (χ0v) is 17.0. The van der Waals surface area contributed by atoms with Gasteiger partial charge in [0.25, 0.3) is 0 Å². The van der Waals surface area contributed by atoms with E-state index in [2.05, 4.69) is 0 Å². The van der Waals surface area contributed by atoms with Gasteiger partial charge in [-0.1, -0.05) is 17.7 Å². The first kappa shape index (κ1) is 20.1. The molecule has 1 aromatic carbocycles. The number of rotatable bonds is 8. The second kappa shape index (κ2) is 8.60. The van der Waals surface area contributed by atoms with E-state index in [9.17, 15) is 8.42 Å². The Morgan fingerprint density at radius 2 is 1.54 bits per heavy atom. The van der Waals surface area contributed by atoms with E-state index in [-0.39, 0.29) is 16.5 Å². The average molecular weight is 401 g/mol. The first-order valence-corrected chi connectivity index (χ1v) is 10.3. The Morgan fingerprint density at radius 1 is 0.929 bits per heavy atom. The summed E-state index contributed by atoms with van der Waals surface area (Å²) in [5, 5.41) is 0. The van der Waals surface area contributed by atoms with Crippen molar-refractivity contribution in [2.45, 2.75) is 25.3 Å². The first-order valence-electron chi connectivity index (χ1n) is 8.79. The fourth-order valence-corrected chi connectivity index (χ4v) is 4.46. The molecule has 0 aliphatic rings. The van der Waals surface area contributed by atoms with Gasteiger partial charge in [0.05, 0.1) is 15.5 Å². The molecule has 0 unspecified atom stereocenters. The molecule has 0 saturated heterocycles. The van der Waals surface area contributed by atoms with Crippen LogP contribution in [0, 0.1) is 6.92 Å². The van der Waals surface area contributed by atoms with E-state index < -0.39 is 9.84 Å². The van der Waals surface area contributed by atoms with E-state index in [1.165, 1.54) is 0 Å². The summed E-state index contributed by atoms with van der Waals surface area (Å²) >= 11 is 0. The predicted octanol–water partition coefficient (Wildman–Crippen LogP) is 3.78. The Kier molecular flexibility index (Phi) is 6.18. The highest BCUT2D eigenvalue weighted by atomic mass is 32.2. The summed E-state index contributed by atoms with van der Waals surface area (Å²) in [5.74, 6) is 0. The Bertz CT molecular complexity index is 1060. The van der Waals surface area contributed by atoms with Gasteiger partial charge in [-0.15, -0.1) is 0 Å². The monoisotopic (exact) mass is 400 g/mol. The molecule has 2 heterocycles. The fourth-order valence-electron chi connectivity index (χ4n) is 2.97. The van der Waals surface area contributed by atoms with Gasteiger partial charge in [-0.25, -0.2) is 8.42 Å². The minimum absolute atomic E-state index is 0.203. The molecule has 0 aliphatic heterocycles. The number of aromatic nitrogens is 2. The maximum Gasteiger partial charge on any atom is 0.208 e. The van der Waals surface area contributed by atoms with E-state index >= 15 is 0 Å². The number of benzene rings is 1. The first-order chi connectivity index (χ1) is 13.5. The van der Waals surface area contributed by atoms with Crippen LogP contribution in [0.4, 0.5) is 0 Å². The largest absolute Gasteiger partial charge is 0.364 e. The quantitative estimate of drug-likeness (QED) is 0.577. The van der Waals surface area contributed by atoms with Crippen molar-refractivity contribution in [1.29, 1.82) is 0 Å². The lowest BCUT2D eigenvalue weighted by Gasteiger charge is -2.14. The summed E-state index contributed by atoms with van der Waals surface area (Å²) in [5.41, 5.74) is 2.30. The maximum atomic E-state index is 13.5. The number of hydrogen-bond donors (Lipinski definition) is 0. The van der Waals surface area contributed by atoms with Crippen LogP contribution in [0.3, 0.4) is 0 Å². The van der Waals surface area contributed by atoms with Crippen molar-refractivity contribution >= 4 is 20.8 Å². The van der Waals surface area contributed by atoms with Gasteiger partial charge in [0.2, 0.25) is 9.84 Å². The van der Waals surface area contributed by atoms with Crippen molar-refractivity contribution < 1.29 is 17.9 Å². The molecule has 28 heavy (non-hydrogen) atoms. The normalized spacial score (nSPS) is 12.5. The number of hydrogen-bond acceptors (Lipinski definition) is 4. The third kappa shape index (κ3) is 4.11. The molecule has 0 bridgehead atoms. The molecule has 3 rings (SSSR count). The molecule has 7 heteroatoms. The van der Waals surface area contributed by atoms with Gasteiger partial charge in [-0.05, 0) is 49.4 Å². The molecule has 0 N–H and O–H groups in total. The van der Waals surface area contributed by atoms with Crippen molar-refractivity contribution in [2.75, 3.05) is 14.2 Å². The van der Waals surface area contributed by atoms with Crippen LogP contribution >= 0.6 is 0 Å². The molecule has 2 aromatic heterocycles. The summed E-state index contributed by atoms with van der Waals surface area (Å²) in [6.45, 7) is 2.51. The standard InChI is InChI=1S/C21H24N2O4S/c1-17-8-10-19(11-9-17)28(24,25)21(20-7-5-13-23(20)16-27-3)14-18-6-4-12-22(18)15-26-2/h4-14H,15-16H2,1-3H3/b21-14+. The Labute approximate surface area is 165 Å². The molecule has 0 spiro atoms. The zero-order valence-electron chi connectivity index (χ0n) is 16.2. The summed E-state index contributed by atoms with van der Waals surface area (Å²) in [6.07, 6.45) is 5.32. The number of nitrogens with zero attached hydrogens (tertiary/aromatic N) is 2. The summed E-state index contributed by atoms with van der Waals surface area (Å²) in [6, 6.07) is 14.2. The summed E-state index contributed by atoms with van der Waals surface area (Å²) in [4.78, 5) is 0.453. The molecular weight excluding hydrogens is 376 g/mol. The van der Waals surface area contributed by atoms with Gasteiger partial charge in [0, 0.05) is 32.3 Å². The van der Waals surface area contributed by atoms with Gasteiger partial charge in [-0.2, -0.15) is 0 Å². The average Bonchev–Trinajstić information content (AvgIpc) is 3.30. The molecule has 6 nitrogen and oxygen atoms in total. The van der Waals surface area contributed by atoms with Gasteiger partial charge < -0.3 is 18.6 Å². The summed E-state index contributed by atoms with van der Waals surface area (Å²) < 4.78 is 41.1. The Hall–Kier alpha value is -2.61. The highest BCUT2D eigenvalue weighted by Gasteiger charge is 2.25. The molecule has 0 aliphatic carbocycles. The van der Waals surface area contributed by atoms with Crippen molar-refractivity contribution in [1.82, 2.24) is 9.13 Å². The summed E-state index contributed by atoms with van der Waals surface area (Å²) in [7, 11) is -0.586. The lowest BCUT2D eigenvalue weighted by atomic mass is 10.2. The van der Waals surface area contributed by atoms with Crippen LogP contribution in [-0.2, 0) is 32.8 Å². The van der Waals surface area contributed by atoms with E-state index in [0.29, 0.717) is 12.4 Å². The Morgan fingerprint density at radius 3 is 2.21 bits per heavy atom. The molecule has 0 atom stereocenters. The van der Waals surface area contributed by atoms with Crippen LogP contribution in [0.2, 0.25) is 0 Å². The van der Waals surface area contributed by atoms with Crippen LogP contribution in [0.25, 0.3) is 11.0 Å².